The van der Waals surface area contributed by atoms with Gasteiger partial charge in [0.2, 0.25) is 5.91 Å². The third-order valence-electron chi connectivity index (χ3n) is 13.3. The largest absolute Gasteiger partial charge is 0.394 e. The SMILES string of the molecule is CCCCCC/C=C/CC/C=C/CC/C=C/C(O)C(CO)NC(=O)C(O)CCCCCCCCCCCCCCCCCC/C=C\C/C=C\CCCCCCCCCCCCCCCCC. The molecule has 5 nitrogen and oxygen atoms in total. The summed E-state index contributed by atoms with van der Waals surface area (Å²) in [6, 6.07) is -0.822. The van der Waals surface area contributed by atoms with Crippen molar-refractivity contribution in [1.82, 2.24) is 5.32 Å². The molecule has 66 heavy (non-hydrogen) atoms. The predicted octanol–water partition coefficient (Wildman–Crippen LogP) is 18.2. The van der Waals surface area contributed by atoms with Crippen LogP contribution in [-0.2, 0) is 4.79 Å². The molecule has 3 unspecified atom stereocenters. The molecule has 0 saturated heterocycles. The molecule has 0 heterocycles. The van der Waals surface area contributed by atoms with Crippen molar-refractivity contribution in [2.75, 3.05) is 6.61 Å². The molecule has 4 N–H and O–H groups in total. The zero-order valence-corrected chi connectivity index (χ0v) is 44.1. The van der Waals surface area contributed by atoms with E-state index in [0.29, 0.717) is 6.42 Å². The summed E-state index contributed by atoms with van der Waals surface area (Å²) in [5, 5.41) is 33.2. The summed E-state index contributed by atoms with van der Waals surface area (Å²) in [5.74, 6) is -0.517. The van der Waals surface area contributed by atoms with Crippen molar-refractivity contribution in [2.45, 2.75) is 315 Å². The number of aliphatic hydroxyl groups excluding tert-OH is 3. The Morgan fingerprint density at radius 3 is 1.03 bits per heavy atom. The highest BCUT2D eigenvalue weighted by atomic mass is 16.3. The Kier molecular flexibility index (Phi) is 54.0. The lowest BCUT2D eigenvalue weighted by Crippen LogP contribution is -2.48. The van der Waals surface area contributed by atoms with Crippen LogP contribution in [0.5, 0.6) is 0 Å². The minimum atomic E-state index is -1.11. The Bertz CT molecular complexity index is 1110. The summed E-state index contributed by atoms with van der Waals surface area (Å²) in [5.41, 5.74) is 0. The van der Waals surface area contributed by atoms with E-state index in [4.69, 9.17) is 0 Å². The first-order valence-corrected chi connectivity index (χ1v) is 29.1. The van der Waals surface area contributed by atoms with Crippen LogP contribution >= 0.6 is 0 Å². The number of amides is 1. The summed E-state index contributed by atoms with van der Waals surface area (Å²) in [7, 11) is 0. The van der Waals surface area contributed by atoms with Gasteiger partial charge < -0.3 is 20.6 Å². The summed E-state index contributed by atoms with van der Waals surface area (Å²) in [6.07, 6.45) is 76.1. The number of hydrogen-bond acceptors (Lipinski definition) is 4. The normalized spacial score (nSPS) is 13.7. The standard InChI is InChI=1S/C61H113NO4/c1-3-5-7-9-11-13-15-17-19-20-21-22-23-24-25-26-27-28-29-30-31-32-33-34-35-36-37-38-39-40-41-42-44-46-48-50-52-54-56-60(65)61(66)62-58(57-63)59(64)55-53-51-49-47-45-43-18-16-14-12-10-8-6-4-2/h14,16,27-28,30-31,45,47,53,55,58-60,63-65H,3-13,15,17-26,29,32-44,46,48-52,54,56-57H2,1-2H3,(H,62,66)/b16-14+,28-27-,31-30-,47-45+,55-53+. The molecule has 0 aromatic rings. The Hall–Kier alpha value is -1.95. The molecule has 0 rings (SSSR count). The van der Waals surface area contributed by atoms with Crippen molar-refractivity contribution in [3.63, 3.8) is 0 Å². The van der Waals surface area contributed by atoms with Crippen LogP contribution in [0.1, 0.15) is 296 Å². The van der Waals surface area contributed by atoms with Crippen LogP contribution in [-0.4, -0.2) is 46.1 Å². The van der Waals surface area contributed by atoms with E-state index in [2.05, 4.69) is 67.8 Å². The first kappa shape index (κ1) is 64.0. The number of nitrogens with one attached hydrogen (secondary N) is 1. The first-order chi connectivity index (χ1) is 32.6. The quantitative estimate of drug-likeness (QED) is 0.0361. The van der Waals surface area contributed by atoms with E-state index >= 15 is 0 Å². The lowest BCUT2D eigenvalue weighted by Gasteiger charge is -2.21. The predicted molar refractivity (Wildman–Crippen MR) is 291 cm³/mol. The molecule has 0 radical (unpaired) electrons. The summed E-state index contributed by atoms with van der Waals surface area (Å²) < 4.78 is 0. The zero-order valence-electron chi connectivity index (χ0n) is 44.1. The number of hydrogen-bond donors (Lipinski definition) is 4. The van der Waals surface area contributed by atoms with Gasteiger partial charge in [-0.1, -0.05) is 280 Å². The average molecular weight is 925 g/mol. The Morgan fingerprint density at radius 1 is 0.379 bits per heavy atom. The van der Waals surface area contributed by atoms with Crippen molar-refractivity contribution in [2.24, 2.45) is 0 Å². The van der Waals surface area contributed by atoms with E-state index in [-0.39, 0.29) is 6.61 Å². The second kappa shape index (κ2) is 55.6. The molecule has 3 atom stereocenters. The Balaban J connectivity index is 3.52. The fourth-order valence-electron chi connectivity index (χ4n) is 8.78. The van der Waals surface area contributed by atoms with Gasteiger partial charge in [0, 0.05) is 0 Å². The minimum absolute atomic E-state index is 0.382. The van der Waals surface area contributed by atoms with Crippen LogP contribution in [0, 0.1) is 0 Å². The van der Waals surface area contributed by atoms with E-state index in [1.54, 1.807) is 6.08 Å². The van der Waals surface area contributed by atoms with E-state index < -0.39 is 24.2 Å². The molecule has 5 heteroatoms. The van der Waals surface area contributed by atoms with Crippen molar-refractivity contribution >= 4 is 5.91 Å². The average Bonchev–Trinajstić information content (AvgIpc) is 3.32. The molecule has 0 aliphatic carbocycles. The highest BCUT2D eigenvalue weighted by molar-refractivity contribution is 5.80. The molecule has 0 saturated carbocycles. The zero-order chi connectivity index (χ0) is 47.9. The second-order valence-electron chi connectivity index (χ2n) is 19.8. The van der Waals surface area contributed by atoms with Gasteiger partial charge in [-0.2, -0.15) is 0 Å². The van der Waals surface area contributed by atoms with Crippen LogP contribution in [0.3, 0.4) is 0 Å². The van der Waals surface area contributed by atoms with E-state index in [0.717, 1.165) is 51.4 Å². The van der Waals surface area contributed by atoms with Gasteiger partial charge >= 0.3 is 0 Å². The summed E-state index contributed by atoms with van der Waals surface area (Å²) in [4.78, 5) is 12.5. The van der Waals surface area contributed by atoms with Crippen LogP contribution in [0.2, 0.25) is 0 Å². The molecule has 1 amide bonds. The van der Waals surface area contributed by atoms with Gasteiger partial charge in [-0.3, -0.25) is 4.79 Å². The number of carbonyl (C=O) groups is 1. The Morgan fingerprint density at radius 2 is 0.667 bits per heavy atom. The lowest BCUT2D eigenvalue weighted by atomic mass is 10.0. The van der Waals surface area contributed by atoms with Crippen LogP contribution in [0.15, 0.2) is 60.8 Å². The van der Waals surface area contributed by atoms with E-state index in [1.165, 1.54) is 225 Å². The van der Waals surface area contributed by atoms with Gasteiger partial charge in [0.15, 0.2) is 0 Å². The van der Waals surface area contributed by atoms with Crippen molar-refractivity contribution in [3.05, 3.63) is 60.8 Å². The van der Waals surface area contributed by atoms with Crippen LogP contribution in [0.4, 0.5) is 0 Å². The van der Waals surface area contributed by atoms with Gasteiger partial charge in [-0.25, -0.2) is 0 Å². The molecule has 386 valence electrons. The molecule has 0 bridgehead atoms. The van der Waals surface area contributed by atoms with Gasteiger partial charge in [0.05, 0.1) is 18.8 Å². The van der Waals surface area contributed by atoms with Crippen LogP contribution in [0.25, 0.3) is 0 Å². The Labute approximate surface area is 411 Å². The van der Waals surface area contributed by atoms with Gasteiger partial charge in [-0.15, -0.1) is 0 Å². The highest BCUT2D eigenvalue weighted by Crippen LogP contribution is 2.17. The van der Waals surface area contributed by atoms with Crippen molar-refractivity contribution in [3.8, 4) is 0 Å². The number of unbranched alkanes of at least 4 members (excludes halogenated alkanes) is 37. The third kappa shape index (κ3) is 49.9. The van der Waals surface area contributed by atoms with Crippen LogP contribution < -0.4 is 5.32 Å². The monoisotopic (exact) mass is 924 g/mol. The maximum absolute atomic E-state index is 12.5. The fourth-order valence-corrected chi connectivity index (χ4v) is 8.78. The molecule has 0 fully saturated rings. The minimum Gasteiger partial charge on any atom is -0.394 e. The third-order valence-corrected chi connectivity index (χ3v) is 13.3. The molecular weight excluding hydrogens is 811 g/mol. The molecule has 0 aliphatic rings. The number of carbonyl (C=O) groups excluding carboxylic acids is 1. The summed E-state index contributed by atoms with van der Waals surface area (Å²) >= 11 is 0. The first-order valence-electron chi connectivity index (χ1n) is 29.1. The highest BCUT2D eigenvalue weighted by Gasteiger charge is 2.22. The van der Waals surface area contributed by atoms with E-state index in [1.807, 2.05) is 6.08 Å². The topological polar surface area (TPSA) is 89.8 Å². The molecule has 0 aliphatic heterocycles. The smallest absolute Gasteiger partial charge is 0.249 e. The maximum Gasteiger partial charge on any atom is 0.249 e. The number of allylic oxidation sites excluding steroid dienone is 9. The lowest BCUT2D eigenvalue weighted by molar-refractivity contribution is -0.131. The molecule has 0 aromatic heterocycles. The van der Waals surface area contributed by atoms with Crippen molar-refractivity contribution < 1.29 is 20.1 Å². The van der Waals surface area contributed by atoms with Crippen molar-refractivity contribution in [1.29, 1.82) is 0 Å². The van der Waals surface area contributed by atoms with Gasteiger partial charge in [0.25, 0.3) is 0 Å². The fraction of sp³-hybridized carbons (Fsp3) is 0.820. The molecule has 0 spiro atoms. The van der Waals surface area contributed by atoms with E-state index in [9.17, 15) is 20.1 Å². The number of aliphatic hydroxyl groups is 3. The molecule has 0 aromatic carbocycles. The number of rotatable bonds is 53. The summed E-state index contributed by atoms with van der Waals surface area (Å²) in [6.45, 7) is 4.16. The maximum atomic E-state index is 12.5. The second-order valence-corrected chi connectivity index (χ2v) is 19.8. The van der Waals surface area contributed by atoms with Gasteiger partial charge in [0.1, 0.15) is 6.10 Å². The molecular formula is C61H113NO4. The van der Waals surface area contributed by atoms with Gasteiger partial charge in [-0.05, 0) is 77.0 Å².